The van der Waals surface area contributed by atoms with Gasteiger partial charge in [-0.25, -0.2) is 0 Å². The number of nitrogens with zero attached hydrogens (tertiary/aromatic N) is 2. The lowest BCUT2D eigenvalue weighted by molar-refractivity contribution is -0.117. The number of primary amides is 1. The van der Waals surface area contributed by atoms with Crippen molar-refractivity contribution in [3.05, 3.63) is 34.6 Å². The molecule has 0 spiro atoms. The average Bonchev–Trinajstić information content (AvgIpc) is 2.78. The van der Waals surface area contributed by atoms with Gasteiger partial charge < -0.3 is 10.3 Å². The Morgan fingerprint density at radius 1 is 1.44 bits per heavy atom. The van der Waals surface area contributed by atoms with Crippen molar-refractivity contribution in [1.82, 2.24) is 15.5 Å². The molecule has 1 aromatic heterocycles. The fraction of sp³-hybridized carbons (Fsp3) is 0.182. The van der Waals surface area contributed by atoms with E-state index in [1.54, 1.807) is 0 Å². The Morgan fingerprint density at radius 3 is 2.94 bits per heavy atom. The maximum absolute atomic E-state index is 10.5. The van der Waals surface area contributed by atoms with Gasteiger partial charge in [-0.2, -0.15) is 4.98 Å². The largest absolute Gasteiger partial charge is 0.369 e. The van der Waals surface area contributed by atoms with E-state index >= 15 is 0 Å². The zero-order chi connectivity index (χ0) is 13.0. The van der Waals surface area contributed by atoms with Crippen molar-refractivity contribution in [2.75, 3.05) is 6.54 Å². The van der Waals surface area contributed by atoms with E-state index in [1.807, 2.05) is 24.3 Å². The molecular weight excluding hydrogens is 300 g/mol. The van der Waals surface area contributed by atoms with E-state index in [1.165, 1.54) is 0 Å². The van der Waals surface area contributed by atoms with Crippen LogP contribution in [0.25, 0.3) is 11.4 Å². The van der Waals surface area contributed by atoms with Crippen molar-refractivity contribution in [1.29, 1.82) is 0 Å². The Bertz CT molecular complexity index is 555. The monoisotopic (exact) mass is 310 g/mol. The van der Waals surface area contributed by atoms with Crippen LogP contribution in [0.3, 0.4) is 0 Å². The third-order valence-corrected chi connectivity index (χ3v) is 2.85. The van der Waals surface area contributed by atoms with E-state index in [0.29, 0.717) is 18.3 Å². The summed E-state index contributed by atoms with van der Waals surface area (Å²) in [5.74, 6) is 0.473. The van der Waals surface area contributed by atoms with Crippen LogP contribution in [0.15, 0.2) is 33.3 Å². The van der Waals surface area contributed by atoms with Gasteiger partial charge in [0.2, 0.25) is 17.6 Å². The van der Waals surface area contributed by atoms with Crippen molar-refractivity contribution in [3.63, 3.8) is 0 Å². The Balaban J connectivity index is 2.06. The van der Waals surface area contributed by atoms with Gasteiger partial charge in [0.05, 0.1) is 13.1 Å². The van der Waals surface area contributed by atoms with Crippen LogP contribution in [0.5, 0.6) is 0 Å². The molecule has 3 N–H and O–H groups in total. The van der Waals surface area contributed by atoms with Crippen LogP contribution in [0, 0.1) is 0 Å². The number of nitrogens with one attached hydrogen (secondary N) is 1. The molecule has 0 saturated carbocycles. The Hall–Kier alpha value is -1.73. The summed E-state index contributed by atoms with van der Waals surface area (Å²) in [6.45, 7) is 0.382. The lowest BCUT2D eigenvalue weighted by atomic mass is 10.2. The summed E-state index contributed by atoms with van der Waals surface area (Å²) in [6, 6.07) is 7.58. The first-order valence-electron chi connectivity index (χ1n) is 5.23. The Labute approximate surface area is 112 Å². The summed E-state index contributed by atoms with van der Waals surface area (Å²) < 4.78 is 5.95. The molecule has 2 rings (SSSR count). The molecule has 0 unspecified atom stereocenters. The quantitative estimate of drug-likeness (QED) is 0.861. The summed E-state index contributed by atoms with van der Waals surface area (Å²) >= 11 is 3.42. The summed E-state index contributed by atoms with van der Waals surface area (Å²) in [5, 5.41) is 6.67. The maximum Gasteiger partial charge on any atom is 0.240 e. The Kier molecular flexibility index (Phi) is 4.06. The van der Waals surface area contributed by atoms with E-state index in [4.69, 9.17) is 10.3 Å². The van der Waals surface area contributed by atoms with Crippen molar-refractivity contribution in [2.24, 2.45) is 5.73 Å². The molecule has 7 heteroatoms. The predicted octanol–water partition coefficient (Wildman–Crippen LogP) is 1.07. The first kappa shape index (κ1) is 12.7. The van der Waals surface area contributed by atoms with Gasteiger partial charge in [-0.15, -0.1) is 0 Å². The molecule has 1 heterocycles. The van der Waals surface area contributed by atoms with Gasteiger partial charge in [0, 0.05) is 10.0 Å². The van der Waals surface area contributed by atoms with Crippen LogP contribution in [-0.4, -0.2) is 22.6 Å². The molecule has 6 nitrogen and oxygen atoms in total. The summed E-state index contributed by atoms with van der Waals surface area (Å²) in [7, 11) is 0. The molecule has 18 heavy (non-hydrogen) atoms. The third kappa shape index (κ3) is 3.14. The number of carbonyl (C=O) groups is 1. The molecule has 2 aromatic rings. The van der Waals surface area contributed by atoms with Crippen LogP contribution in [-0.2, 0) is 11.3 Å². The van der Waals surface area contributed by atoms with Crippen molar-refractivity contribution in [3.8, 4) is 11.4 Å². The minimum absolute atomic E-state index is 0.0761. The second-order valence-corrected chi connectivity index (χ2v) is 4.42. The number of rotatable bonds is 5. The zero-order valence-corrected chi connectivity index (χ0v) is 11.0. The SMILES string of the molecule is NC(=O)CNCc1nc(-c2ccccc2Br)no1. The van der Waals surface area contributed by atoms with Crippen LogP contribution in [0.2, 0.25) is 0 Å². The standard InChI is InChI=1S/C11H11BrN4O2/c12-8-4-2-1-3-7(8)11-15-10(18-16-11)6-14-5-9(13)17/h1-4,14H,5-6H2,(H2,13,17). The number of halogens is 1. The van der Waals surface area contributed by atoms with Crippen LogP contribution in [0.1, 0.15) is 5.89 Å². The molecule has 94 valence electrons. The van der Waals surface area contributed by atoms with E-state index < -0.39 is 5.91 Å². The van der Waals surface area contributed by atoms with Gasteiger partial charge in [0.1, 0.15) is 0 Å². The molecule has 0 saturated heterocycles. The normalized spacial score (nSPS) is 10.5. The topological polar surface area (TPSA) is 94.0 Å². The summed E-state index contributed by atoms with van der Waals surface area (Å²) in [6.07, 6.45) is 0. The van der Waals surface area contributed by atoms with Crippen molar-refractivity contribution >= 4 is 21.8 Å². The third-order valence-electron chi connectivity index (χ3n) is 2.16. The van der Waals surface area contributed by atoms with Crippen LogP contribution in [0.4, 0.5) is 0 Å². The van der Waals surface area contributed by atoms with Gasteiger partial charge >= 0.3 is 0 Å². The van der Waals surface area contributed by atoms with Gasteiger partial charge in [0.15, 0.2) is 0 Å². The first-order valence-corrected chi connectivity index (χ1v) is 6.02. The second kappa shape index (κ2) is 5.74. The van der Waals surface area contributed by atoms with Crippen molar-refractivity contribution in [2.45, 2.75) is 6.54 Å². The van der Waals surface area contributed by atoms with E-state index in [0.717, 1.165) is 10.0 Å². The maximum atomic E-state index is 10.5. The lowest BCUT2D eigenvalue weighted by Gasteiger charge is -1.97. The number of hydrogen-bond donors (Lipinski definition) is 2. The highest BCUT2D eigenvalue weighted by Gasteiger charge is 2.10. The molecule has 1 amide bonds. The highest BCUT2D eigenvalue weighted by molar-refractivity contribution is 9.10. The number of carbonyl (C=O) groups excluding carboxylic acids is 1. The summed E-state index contributed by atoms with van der Waals surface area (Å²) in [5.41, 5.74) is 5.85. The number of nitrogens with two attached hydrogens (primary N) is 1. The number of aromatic nitrogens is 2. The number of benzene rings is 1. The van der Waals surface area contributed by atoms with Gasteiger partial charge in [0.25, 0.3) is 0 Å². The van der Waals surface area contributed by atoms with Crippen molar-refractivity contribution < 1.29 is 9.32 Å². The molecule has 0 aliphatic rings. The molecule has 0 atom stereocenters. The first-order chi connectivity index (χ1) is 8.66. The average molecular weight is 311 g/mol. The van der Waals surface area contributed by atoms with Crippen LogP contribution < -0.4 is 11.1 Å². The van der Waals surface area contributed by atoms with E-state index in [-0.39, 0.29) is 6.54 Å². The molecule has 1 aromatic carbocycles. The van der Waals surface area contributed by atoms with Gasteiger partial charge in [-0.3, -0.25) is 10.1 Å². The fourth-order valence-corrected chi connectivity index (χ4v) is 1.83. The highest BCUT2D eigenvalue weighted by Crippen LogP contribution is 2.25. The zero-order valence-electron chi connectivity index (χ0n) is 9.39. The smallest absolute Gasteiger partial charge is 0.240 e. The molecule has 0 bridgehead atoms. The minimum atomic E-state index is -0.430. The number of amides is 1. The Morgan fingerprint density at radius 2 is 2.22 bits per heavy atom. The van der Waals surface area contributed by atoms with Gasteiger partial charge in [-0.1, -0.05) is 33.2 Å². The van der Waals surface area contributed by atoms with Gasteiger partial charge in [-0.05, 0) is 12.1 Å². The van der Waals surface area contributed by atoms with E-state index in [9.17, 15) is 4.79 Å². The van der Waals surface area contributed by atoms with Crippen LogP contribution >= 0.6 is 15.9 Å². The molecule has 0 fully saturated rings. The fourth-order valence-electron chi connectivity index (χ4n) is 1.37. The molecule has 0 radical (unpaired) electrons. The minimum Gasteiger partial charge on any atom is -0.369 e. The van der Waals surface area contributed by atoms with E-state index in [2.05, 4.69) is 31.4 Å². The lowest BCUT2D eigenvalue weighted by Crippen LogP contribution is -2.28. The molecule has 0 aliphatic carbocycles. The summed E-state index contributed by atoms with van der Waals surface area (Å²) in [4.78, 5) is 14.8. The molecule has 0 aliphatic heterocycles. The molecular formula is C11H11BrN4O2. The predicted molar refractivity (Wildman–Crippen MR) is 68.3 cm³/mol. The highest BCUT2D eigenvalue weighted by atomic mass is 79.9. The second-order valence-electron chi connectivity index (χ2n) is 3.56. The number of hydrogen-bond acceptors (Lipinski definition) is 5.